The maximum Gasteiger partial charge on any atom is 0.254 e. The monoisotopic (exact) mass is 387 g/mol. The minimum absolute atomic E-state index is 0.0112. The number of nitrogens with one attached hydrogen (secondary N) is 2. The normalized spacial score (nSPS) is 23.0. The third-order valence-electron chi connectivity index (χ3n) is 4.76. The number of carbonyl (C=O) groups is 2. The van der Waals surface area contributed by atoms with Gasteiger partial charge in [0.1, 0.15) is 0 Å². The van der Waals surface area contributed by atoms with Crippen molar-refractivity contribution < 1.29 is 14.3 Å². The van der Waals surface area contributed by atoms with Crippen molar-refractivity contribution in [3.63, 3.8) is 0 Å². The molecule has 2 atom stereocenters. The van der Waals surface area contributed by atoms with Crippen molar-refractivity contribution in [2.24, 2.45) is 0 Å². The smallest absolute Gasteiger partial charge is 0.254 e. The molecule has 0 spiro atoms. The number of aromatic nitrogens is 2. The maximum atomic E-state index is 12.7. The lowest BCUT2D eigenvalue weighted by Gasteiger charge is -2.32. The molecule has 0 aromatic carbocycles. The van der Waals surface area contributed by atoms with Crippen LogP contribution in [0.5, 0.6) is 0 Å². The number of carbonyl (C=O) groups excluding carboxylic acids is 2. The Balaban J connectivity index is 1.43. The molecule has 0 saturated carbocycles. The molecule has 8 nitrogen and oxygen atoms in total. The van der Waals surface area contributed by atoms with E-state index in [1.165, 1.54) is 0 Å². The number of rotatable bonds is 4. The highest BCUT2D eigenvalue weighted by atomic mass is 32.1. The summed E-state index contributed by atoms with van der Waals surface area (Å²) in [4.78, 5) is 36.2. The van der Waals surface area contributed by atoms with E-state index in [0.29, 0.717) is 37.6 Å². The van der Waals surface area contributed by atoms with Crippen LogP contribution >= 0.6 is 11.3 Å². The van der Waals surface area contributed by atoms with E-state index in [4.69, 9.17) is 4.74 Å². The molecule has 142 valence electrons. The molecule has 2 fully saturated rings. The van der Waals surface area contributed by atoms with Crippen molar-refractivity contribution in [3.05, 3.63) is 40.3 Å². The molecule has 27 heavy (non-hydrogen) atoms. The van der Waals surface area contributed by atoms with Gasteiger partial charge in [-0.1, -0.05) is 6.07 Å². The van der Waals surface area contributed by atoms with Crippen molar-refractivity contribution in [3.8, 4) is 0 Å². The van der Waals surface area contributed by atoms with Gasteiger partial charge in [-0.15, -0.1) is 11.3 Å². The molecule has 0 radical (unpaired) electrons. The number of ether oxygens (including phenoxy) is 1. The minimum Gasteiger partial charge on any atom is -0.378 e. The zero-order valence-electron chi connectivity index (χ0n) is 14.8. The van der Waals surface area contributed by atoms with Crippen molar-refractivity contribution >= 4 is 29.1 Å². The van der Waals surface area contributed by atoms with Crippen LogP contribution in [0.1, 0.15) is 34.1 Å². The average Bonchev–Trinajstić information content (AvgIpc) is 3.25. The summed E-state index contributed by atoms with van der Waals surface area (Å²) in [7, 11) is 0. The first kappa shape index (κ1) is 17.9. The summed E-state index contributed by atoms with van der Waals surface area (Å²) in [6, 6.07) is 3.55. The standard InChI is InChI=1S/C18H21N5O3S/c24-15-4-3-13(16(22-15)14-2-1-9-27-14)21-17(25)12-10-19-18(20-11-12)23-5-7-26-8-6-23/h1-2,9-11,13,16H,3-8H2,(H,21,25)(H,22,24)/t13-,16-/m1/s1. The second-order valence-electron chi connectivity index (χ2n) is 6.55. The Morgan fingerprint density at radius 1 is 1.30 bits per heavy atom. The van der Waals surface area contributed by atoms with Gasteiger partial charge in [-0.3, -0.25) is 9.59 Å². The van der Waals surface area contributed by atoms with E-state index in [1.54, 1.807) is 23.7 Å². The Bertz CT molecular complexity index is 790. The van der Waals surface area contributed by atoms with Crippen LogP contribution in [0.2, 0.25) is 0 Å². The summed E-state index contributed by atoms with van der Waals surface area (Å²) in [6.45, 7) is 2.80. The fourth-order valence-electron chi connectivity index (χ4n) is 3.31. The summed E-state index contributed by atoms with van der Waals surface area (Å²) in [5.41, 5.74) is 0.411. The molecule has 0 bridgehead atoms. The molecule has 2 amide bonds. The van der Waals surface area contributed by atoms with E-state index in [2.05, 4.69) is 20.6 Å². The van der Waals surface area contributed by atoms with Crippen molar-refractivity contribution in [2.45, 2.75) is 24.9 Å². The molecular formula is C18H21N5O3S. The summed E-state index contributed by atoms with van der Waals surface area (Å²) in [5.74, 6) is 0.388. The highest BCUT2D eigenvalue weighted by Gasteiger charge is 2.32. The molecule has 4 heterocycles. The largest absolute Gasteiger partial charge is 0.378 e. The van der Waals surface area contributed by atoms with E-state index in [1.807, 2.05) is 22.4 Å². The Kier molecular flexibility index (Phi) is 5.30. The summed E-state index contributed by atoms with van der Waals surface area (Å²) < 4.78 is 5.33. The van der Waals surface area contributed by atoms with E-state index in [0.717, 1.165) is 18.0 Å². The molecule has 2 aromatic heterocycles. The first-order valence-corrected chi connectivity index (χ1v) is 9.87. The Hall–Kier alpha value is -2.52. The van der Waals surface area contributed by atoms with Gasteiger partial charge in [0.2, 0.25) is 11.9 Å². The van der Waals surface area contributed by atoms with Crippen LogP contribution < -0.4 is 15.5 Å². The number of hydrogen-bond acceptors (Lipinski definition) is 7. The number of hydrogen-bond donors (Lipinski definition) is 2. The highest BCUT2D eigenvalue weighted by Crippen LogP contribution is 2.27. The van der Waals surface area contributed by atoms with Gasteiger partial charge in [0.25, 0.3) is 5.91 Å². The van der Waals surface area contributed by atoms with Crippen LogP contribution in [-0.4, -0.2) is 54.1 Å². The van der Waals surface area contributed by atoms with Crippen LogP contribution in [0.25, 0.3) is 0 Å². The second-order valence-corrected chi connectivity index (χ2v) is 7.53. The predicted octanol–water partition coefficient (Wildman–Crippen LogP) is 1.12. The van der Waals surface area contributed by atoms with E-state index >= 15 is 0 Å². The topological polar surface area (TPSA) is 96.5 Å². The van der Waals surface area contributed by atoms with Gasteiger partial charge < -0.3 is 20.3 Å². The molecule has 2 aliphatic rings. The van der Waals surface area contributed by atoms with Gasteiger partial charge in [-0.05, 0) is 17.9 Å². The molecule has 9 heteroatoms. The Morgan fingerprint density at radius 3 is 2.78 bits per heavy atom. The van der Waals surface area contributed by atoms with Crippen LogP contribution in [0.15, 0.2) is 29.9 Å². The highest BCUT2D eigenvalue weighted by molar-refractivity contribution is 7.10. The van der Waals surface area contributed by atoms with Gasteiger partial charge in [0, 0.05) is 36.8 Å². The van der Waals surface area contributed by atoms with Crippen LogP contribution in [0.4, 0.5) is 5.95 Å². The molecule has 2 saturated heterocycles. The minimum atomic E-state index is -0.230. The number of nitrogens with zero attached hydrogens (tertiary/aromatic N) is 3. The van der Waals surface area contributed by atoms with Crippen molar-refractivity contribution in [2.75, 3.05) is 31.2 Å². The van der Waals surface area contributed by atoms with E-state index in [9.17, 15) is 9.59 Å². The Labute approximate surface area is 161 Å². The van der Waals surface area contributed by atoms with E-state index in [-0.39, 0.29) is 23.9 Å². The first-order chi connectivity index (χ1) is 13.2. The van der Waals surface area contributed by atoms with Gasteiger partial charge in [0.05, 0.1) is 30.9 Å². The molecule has 2 aromatic rings. The molecule has 2 aliphatic heterocycles. The van der Waals surface area contributed by atoms with Gasteiger partial charge in [-0.25, -0.2) is 9.97 Å². The molecule has 0 unspecified atom stereocenters. The fourth-order valence-corrected chi connectivity index (χ4v) is 4.15. The zero-order chi connectivity index (χ0) is 18.6. The second kappa shape index (κ2) is 8.01. The molecule has 4 rings (SSSR count). The quantitative estimate of drug-likeness (QED) is 0.816. The third kappa shape index (κ3) is 4.09. The number of anilines is 1. The average molecular weight is 387 g/mol. The lowest BCUT2D eigenvalue weighted by atomic mass is 9.96. The first-order valence-electron chi connectivity index (χ1n) is 8.99. The number of piperidine rings is 1. The van der Waals surface area contributed by atoms with E-state index < -0.39 is 0 Å². The van der Waals surface area contributed by atoms with Gasteiger partial charge in [-0.2, -0.15) is 0 Å². The summed E-state index contributed by atoms with van der Waals surface area (Å²) in [6.07, 6.45) is 4.11. The van der Waals surface area contributed by atoms with Crippen molar-refractivity contribution in [1.82, 2.24) is 20.6 Å². The lowest BCUT2D eigenvalue weighted by molar-refractivity contribution is -0.123. The van der Waals surface area contributed by atoms with Crippen molar-refractivity contribution in [1.29, 1.82) is 0 Å². The van der Waals surface area contributed by atoms with Gasteiger partial charge in [0.15, 0.2) is 0 Å². The summed E-state index contributed by atoms with van der Waals surface area (Å²) >= 11 is 1.57. The third-order valence-corrected chi connectivity index (χ3v) is 5.72. The van der Waals surface area contributed by atoms with Crippen LogP contribution in [0, 0.1) is 0 Å². The summed E-state index contributed by atoms with van der Waals surface area (Å²) in [5, 5.41) is 7.98. The number of thiophene rings is 1. The molecule has 2 N–H and O–H groups in total. The zero-order valence-corrected chi connectivity index (χ0v) is 15.6. The van der Waals surface area contributed by atoms with Crippen LogP contribution in [-0.2, 0) is 9.53 Å². The number of morpholine rings is 1. The Morgan fingerprint density at radius 2 is 2.07 bits per heavy atom. The molecule has 0 aliphatic carbocycles. The molecular weight excluding hydrogens is 366 g/mol. The lowest BCUT2D eigenvalue weighted by Crippen LogP contribution is -2.49. The van der Waals surface area contributed by atoms with Gasteiger partial charge >= 0.3 is 0 Å². The SMILES string of the molecule is O=C1CC[C@@H](NC(=O)c2cnc(N3CCOCC3)nc2)[C@H](c2cccs2)N1. The maximum absolute atomic E-state index is 12.7. The fraction of sp³-hybridized carbons (Fsp3) is 0.444. The number of amides is 2. The predicted molar refractivity (Wildman–Crippen MR) is 101 cm³/mol. The van der Waals surface area contributed by atoms with Crippen LogP contribution in [0.3, 0.4) is 0 Å².